The summed E-state index contributed by atoms with van der Waals surface area (Å²) in [6, 6.07) is 17.5. The maximum Gasteiger partial charge on any atom is 0.256 e. The molecule has 0 spiro atoms. The molecule has 1 aliphatic rings. The third-order valence-electron chi connectivity index (χ3n) is 5.24. The highest BCUT2D eigenvalue weighted by molar-refractivity contribution is 7.17. The summed E-state index contributed by atoms with van der Waals surface area (Å²) >= 11 is 1.48. The normalized spacial score (nSPS) is 15.7. The zero-order valence-electron chi connectivity index (χ0n) is 15.7. The number of hydrogen-bond acceptors (Lipinski definition) is 3. The highest BCUT2D eigenvalue weighted by Gasteiger charge is 2.27. The second-order valence-electron chi connectivity index (χ2n) is 7.32. The van der Waals surface area contributed by atoms with Gasteiger partial charge in [0, 0.05) is 10.4 Å². The van der Waals surface area contributed by atoms with Gasteiger partial charge in [0.05, 0.1) is 5.56 Å². The molecular formula is C23H22N2O2S. The molecule has 0 radical (unpaired) electrons. The van der Waals surface area contributed by atoms with E-state index in [2.05, 4.69) is 12.2 Å². The van der Waals surface area contributed by atoms with Gasteiger partial charge in [0.15, 0.2) is 0 Å². The summed E-state index contributed by atoms with van der Waals surface area (Å²) in [5.74, 6) is -0.114. The van der Waals surface area contributed by atoms with E-state index in [0.717, 1.165) is 36.0 Å². The van der Waals surface area contributed by atoms with Gasteiger partial charge < -0.3 is 11.1 Å². The third kappa shape index (κ3) is 3.58. The number of benzene rings is 2. The van der Waals surface area contributed by atoms with E-state index in [1.54, 1.807) is 12.1 Å². The lowest BCUT2D eigenvalue weighted by Gasteiger charge is -2.18. The molecule has 0 saturated carbocycles. The SMILES string of the molecule is C[C@@H]1CCc2c(sc(NC(=O)c3ccc(-c4ccccc4)cc3)c2C(N)=O)C1. The van der Waals surface area contributed by atoms with Crippen molar-refractivity contribution in [2.24, 2.45) is 11.7 Å². The average molecular weight is 391 g/mol. The summed E-state index contributed by atoms with van der Waals surface area (Å²) < 4.78 is 0. The molecule has 5 heteroatoms. The van der Waals surface area contributed by atoms with Crippen LogP contribution in [0.3, 0.4) is 0 Å². The smallest absolute Gasteiger partial charge is 0.256 e. The Labute approximate surface area is 168 Å². The summed E-state index contributed by atoms with van der Waals surface area (Å²) in [5, 5.41) is 3.49. The van der Waals surface area contributed by atoms with Crippen LogP contribution < -0.4 is 11.1 Å². The Morgan fingerprint density at radius 3 is 2.39 bits per heavy atom. The van der Waals surface area contributed by atoms with E-state index in [1.807, 2.05) is 42.5 Å². The first kappa shape index (κ1) is 18.4. The Hall–Kier alpha value is -2.92. The van der Waals surface area contributed by atoms with Crippen LogP contribution in [0.2, 0.25) is 0 Å². The van der Waals surface area contributed by atoms with E-state index in [4.69, 9.17) is 5.73 Å². The number of amides is 2. The first-order valence-corrected chi connectivity index (χ1v) is 10.3. The van der Waals surface area contributed by atoms with Crippen LogP contribution in [0.15, 0.2) is 54.6 Å². The Morgan fingerprint density at radius 1 is 1.04 bits per heavy atom. The Balaban J connectivity index is 1.58. The summed E-state index contributed by atoms with van der Waals surface area (Å²) in [5.41, 5.74) is 9.84. The number of nitrogens with two attached hydrogens (primary N) is 1. The molecule has 142 valence electrons. The fourth-order valence-corrected chi connectivity index (χ4v) is 5.13. The van der Waals surface area contributed by atoms with Crippen molar-refractivity contribution >= 4 is 28.2 Å². The van der Waals surface area contributed by atoms with Gasteiger partial charge in [-0.05, 0) is 54.0 Å². The lowest BCUT2D eigenvalue weighted by Crippen LogP contribution is -2.19. The topological polar surface area (TPSA) is 72.2 Å². The summed E-state index contributed by atoms with van der Waals surface area (Å²) in [4.78, 5) is 26.0. The maximum atomic E-state index is 12.8. The second-order valence-corrected chi connectivity index (χ2v) is 8.42. The quantitative estimate of drug-likeness (QED) is 0.666. The fraction of sp³-hybridized carbons (Fsp3) is 0.217. The van der Waals surface area contributed by atoms with Crippen LogP contribution in [0, 0.1) is 5.92 Å². The van der Waals surface area contributed by atoms with Crippen molar-refractivity contribution in [2.75, 3.05) is 5.32 Å². The van der Waals surface area contributed by atoms with Crippen LogP contribution in [0.25, 0.3) is 11.1 Å². The molecule has 2 aromatic carbocycles. The number of fused-ring (bicyclic) bond motifs is 1. The van der Waals surface area contributed by atoms with Crippen LogP contribution in [-0.2, 0) is 12.8 Å². The van der Waals surface area contributed by atoms with Crippen LogP contribution in [-0.4, -0.2) is 11.8 Å². The van der Waals surface area contributed by atoms with Gasteiger partial charge in [-0.25, -0.2) is 0 Å². The molecular weight excluding hydrogens is 368 g/mol. The van der Waals surface area contributed by atoms with E-state index < -0.39 is 5.91 Å². The molecule has 0 saturated heterocycles. The lowest BCUT2D eigenvalue weighted by molar-refractivity contribution is 0.1000. The molecule has 28 heavy (non-hydrogen) atoms. The van der Waals surface area contributed by atoms with Gasteiger partial charge in [0.2, 0.25) is 0 Å². The predicted octanol–water partition coefficient (Wildman–Crippen LogP) is 4.89. The Morgan fingerprint density at radius 2 is 1.71 bits per heavy atom. The number of rotatable bonds is 4. The molecule has 0 fully saturated rings. The van der Waals surface area contributed by atoms with Crippen molar-refractivity contribution < 1.29 is 9.59 Å². The fourth-order valence-electron chi connectivity index (χ4n) is 3.72. The van der Waals surface area contributed by atoms with Gasteiger partial charge >= 0.3 is 0 Å². The Kier molecular flexibility index (Phi) is 5.01. The van der Waals surface area contributed by atoms with Gasteiger partial charge in [0.1, 0.15) is 5.00 Å². The van der Waals surface area contributed by atoms with E-state index >= 15 is 0 Å². The van der Waals surface area contributed by atoms with E-state index in [1.165, 1.54) is 16.2 Å². The number of primary amides is 1. The monoisotopic (exact) mass is 390 g/mol. The molecule has 3 aromatic rings. The molecule has 4 rings (SSSR count). The lowest BCUT2D eigenvalue weighted by atomic mass is 9.88. The highest BCUT2D eigenvalue weighted by atomic mass is 32.1. The minimum Gasteiger partial charge on any atom is -0.365 e. The van der Waals surface area contributed by atoms with Gasteiger partial charge in [-0.2, -0.15) is 0 Å². The number of hydrogen-bond donors (Lipinski definition) is 2. The molecule has 3 N–H and O–H groups in total. The first-order chi connectivity index (χ1) is 13.5. The van der Waals surface area contributed by atoms with Crippen molar-refractivity contribution in [3.63, 3.8) is 0 Å². The van der Waals surface area contributed by atoms with E-state index in [0.29, 0.717) is 22.0 Å². The second kappa shape index (κ2) is 7.60. The molecule has 4 nitrogen and oxygen atoms in total. The zero-order valence-corrected chi connectivity index (χ0v) is 16.5. The molecule has 1 heterocycles. The van der Waals surface area contributed by atoms with Gasteiger partial charge in [-0.1, -0.05) is 49.4 Å². The van der Waals surface area contributed by atoms with Gasteiger partial charge in [0.25, 0.3) is 11.8 Å². The summed E-state index contributed by atoms with van der Waals surface area (Å²) in [7, 11) is 0. The highest BCUT2D eigenvalue weighted by Crippen LogP contribution is 2.39. The zero-order chi connectivity index (χ0) is 19.7. The molecule has 0 bridgehead atoms. The van der Waals surface area contributed by atoms with E-state index in [-0.39, 0.29) is 5.91 Å². The molecule has 1 aromatic heterocycles. The average Bonchev–Trinajstić information content (AvgIpc) is 3.05. The summed E-state index contributed by atoms with van der Waals surface area (Å²) in [6.07, 6.45) is 2.81. The number of carbonyl (C=O) groups excluding carboxylic acids is 2. The van der Waals surface area contributed by atoms with Crippen molar-refractivity contribution in [3.8, 4) is 11.1 Å². The molecule has 1 atom stereocenters. The number of carbonyl (C=O) groups is 2. The minimum atomic E-state index is -0.471. The van der Waals surface area contributed by atoms with Crippen molar-refractivity contribution in [2.45, 2.75) is 26.2 Å². The standard InChI is InChI=1S/C23H22N2O2S/c1-14-7-12-18-19(13-14)28-23(20(18)21(24)26)25-22(27)17-10-8-16(9-11-17)15-5-3-2-4-6-15/h2-6,8-11,14H,7,12-13H2,1H3,(H2,24,26)(H,25,27)/t14-/m1/s1. The molecule has 0 unspecified atom stereocenters. The maximum absolute atomic E-state index is 12.8. The number of thiophene rings is 1. The van der Waals surface area contributed by atoms with Crippen molar-refractivity contribution in [3.05, 3.63) is 76.2 Å². The van der Waals surface area contributed by atoms with Gasteiger partial charge in [-0.3, -0.25) is 9.59 Å². The minimum absolute atomic E-state index is 0.228. The van der Waals surface area contributed by atoms with Crippen molar-refractivity contribution in [1.82, 2.24) is 0 Å². The number of anilines is 1. The molecule has 1 aliphatic carbocycles. The van der Waals surface area contributed by atoms with Gasteiger partial charge in [-0.15, -0.1) is 11.3 Å². The Bertz CT molecular complexity index is 1020. The molecule has 2 amide bonds. The van der Waals surface area contributed by atoms with Crippen LogP contribution >= 0.6 is 11.3 Å². The first-order valence-electron chi connectivity index (χ1n) is 9.44. The van der Waals surface area contributed by atoms with Crippen LogP contribution in [0.4, 0.5) is 5.00 Å². The van der Waals surface area contributed by atoms with Crippen LogP contribution in [0.1, 0.15) is 44.5 Å². The third-order valence-corrected chi connectivity index (χ3v) is 6.41. The van der Waals surface area contributed by atoms with Crippen LogP contribution in [0.5, 0.6) is 0 Å². The predicted molar refractivity (Wildman–Crippen MR) is 114 cm³/mol. The largest absolute Gasteiger partial charge is 0.365 e. The summed E-state index contributed by atoms with van der Waals surface area (Å²) in [6.45, 7) is 2.21. The van der Waals surface area contributed by atoms with E-state index in [9.17, 15) is 9.59 Å². The van der Waals surface area contributed by atoms with Crippen molar-refractivity contribution in [1.29, 1.82) is 0 Å². The number of nitrogens with one attached hydrogen (secondary N) is 1. The molecule has 0 aliphatic heterocycles.